The molecule has 7 heteroatoms. The summed E-state index contributed by atoms with van der Waals surface area (Å²) < 4.78 is 0. The van der Waals surface area contributed by atoms with Crippen molar-refractivity contribution >= 4 is 41.8 Å². The second-order valence-corrected chi connectivity index (χ2v) is 4.89. The summed E-state index contributed by atoms with van der Waals surface area (Å²) in [7, 11) is 0. The highest BCUT2D eigenvalue weighted by molar-refractivity contribution is 5.94. The van der Waals surface area contributed by atoms with Crippen LogP contribution in [0.4, 0.5) is 0 Å². The molecule has 1 fully saturated rings. The fourth-order valence-electron chi connectivity index (χ4n) is 2.43. The summed E-state index contributed by atoms with van der Waals surface area (Å²) >= 11 is 0. The molecule has 1 aliphatic rings. The number of fused-ring (bicyclic) bond motifs is 1. The molecule has 2 N–H and O–H groups in total. The van der Waals surface area contributed by atoms with Crippen LogP contribution in [-0.4, -0.2) is 40.4 Å². The van der Waals surface area contributed by atoms with Crippen molar-refractivity contribution in [2.45, 2.75) is 6.42 Å². The molecule has 0 aliphatic carbocycles. The van der Waals surface area contributed by atoms with Gasteiger partial charge in [0.25, 0.3) is 5.91 Å². The lowest BCUT2D eigenvalue weighted by molar-refractivity contribution is 0.0782. The van der Waals surface area contributed by atoms with Crippen LogP contribution < -0.4 is 5.73 Å². The maximum Gasteiger partial charge on any atom is 0.274 e. The Morgan fingerprint density at radius 3 is 2.67 bits per heavy atom. The summed E-state index contributed by atoms with van der Waals surface area (Å²) in [6.45, 7) is 2.12. The van der Waals surface area contributed by atoms with E-state index in [1.54, 1.807) is 6.20 Å². The molecule has 114 valence electrons. The van der Waals surface area contributed by atoms with Crippen molar-refractivity contribution < 1.29 is 4.79 Å². The summed E-state index contributed by atoms with van der Waals surface area (Å²) in [6, 6.07) is 7.55. The highest BCUT2D eigenvalue weighted by Crippen LogP contribution is 2.17. The SMILES string of the molecule is Cl.Cl.NCC1CCN(C(=O)c2cnc3ccccc3n2)C1. The molecule has 1 aliphatic heterocycles. The molecule has 2 heterocycles. The highest BCUT2D eigenvalue weighted by atomic mass is 35.5. The number of benzene rings is 1. The standard InChI is InChI=1S/C14H16N4O.2ClH/c15-7-10-5-6-18(9-10)14(19)13-8-16-11-3-1-2-4-12(11)17-13;;/h1-4,8,10H,5-7,9,15H2;2*1H. The smallest absolute Gasteiger partial charge is 0.274 e. The van der Waals surface area contributed by atoms with Crippen LogP contribution >= 0.6 is 24.8 Å². The van der Waals surface area contributed by atoms with Crippen molar-refractivity contribution in [1.82, 2.24) is 14.9 Å². The molecule has 1 aromatic carbocycles. The maximum atomic E-state index is 12.3. The minimum Gasteiger partial charge on any atom is -0.337 e. The van der Waals surface area contributed by atoms with Gasteiger partial charge in [0.05, 0.1) is 17.2 Å². The van der Waals surface area contributed by atoms with Crippen molar-refractivity contribution in [1.29, 1.82) is 0 Å². The number of hydrogen-bond donors (Lipinski definition) is 1. The summed E-state index contributed by atoms with van der Waals surface area (Å²) in [5, 5.41) is 0. The van der Waals surface area contributed by atoms with Crippen molar-refractivity contribution in [3.05, 3.63) is 36.2 Å². The van der Waals surface area contributed by atoms with Gasteiger partial charge in [-0.2, -0.15) is 0 Å². The molecule has 5 nitrogen and oxygen atoms in total. The van der Waals surface area contributed by atoms with Crippen LogP contribution in [0.1, 0.15) is 16.9 Å². The molecule has 0 bridgehead atoms. The lowest BCUT2D eigenvalue weighted by Gasteiger charge is -2.15. The van der Waals surface area contributed by atoms with Crippen LogP contribution in [0.3, 0.4) is 0 Å². The highest BCUT2D eigenvalue weighted by Gasteiger charge is 2.26. The Labute approximate surface area is 135 Å². The van der Waals surface area contributed by atoms with Crippen LogP contribution in [0, 0.1) is 5.92 Å². The zero-order valence-electron chi connectivity index (χ0n) is 11.4. The van der Waals surface area contributed by atoms with Crippen molar-refractivity contribution in [3.8, 4) is 0 Å². The van der Waals surface area contributed by atoms with Crippen molar-refractivity contribution in [2.75, 3.05) is 19.6 Å². The summed E-state index contributed by atoms with van der Waals surface area (Å²) in [5.41, 5.74) is 7.62. The minimum absolute atomic E-state index is 0. The summed E-state index contributed by atoms with van der Waals surface area (Å²) in [5.74, 6) is 0.367. The number of nitrogens with zero attached hydrogens (tertiary/aromatic N) is 3. The first kappa shape index (κ1) is 17.6. The van der Waals surface area contributed by atoms with E-state index in [9.17, 15) is 4.79 Å². The quantitative estimate of drug-likeness (QED) is 0.913. The van der Waals surface area contributed by atoms with Gasteiger partial charge in [0.1, 0.15) is 5.69 Å². The Morgan fingerprint density at radius 2 is 2.00 bits per heavy atom. The van der Waals surface area contributed by atoms with E-state index in [0.29, 0.717) is 18.2 Å². The monoisotopic (exact) mass is 328 g/mol. The number of amides is 1. The normalized spacial score (nSPS) is 17.2. The molecular formula is C14H18Cl2N4O. The van der Waals surface area contributed by atoms with E-state index < -0.39 is 0 Å². The fraction of sp³-hybridized carbons (Fsp3) is 0.357. The lowest BCUT2D eigenvalue weighted by atomic mass is 10.1. The van der Waals surface area contributed by atoms with Gasteiger partial charge in [-0.05, 0) is 31.0 Å². The summed E-state index contributed by atoms with van der Waals surface area (Å²) in [4.78, 5) is 22.8. The predicted octanol–water partition coefficient (Wildman–Crippen LogP) is 1.89. The third kappa shape index (κ3) is 3.61. The van der Waals surface area contributed by atoms with E-state index in [1.807, 2.05) is 29.2 Å². The van der Waals surface area contributed by atoms with E-state index in [1.165, 1.54) is 0 Å². The number of likely N-dealkylation sites (tertiary alicyclic amines) is 1. The molecule has 1 saturated heterocycles. The molecular weight excluding hydrogens is 311 g/mol. The summed E-state index contributed by atoms with van der Waals surface area (Å²) in [6.07, 6.45) is 2.53. The molecule has 0 radical (unpaired) electrons. The third-order valence-electron chi connectivity index (χ3n) is 3.57. The van der Waals surface area contributed by atoms with Crippen molar-refractivity contribution in [3.63, 3.8) is 0 Å². The number of carbonyl (C=O) groups is 1. The average Bonchev–Trinajstić information content (AvgIpc) is 2.95. The largest absolute Gasteiger partial charge is 0.337 e. The van der Waals surface area contributed by atoms with Gasteiger partial charge < -0.3 is 10.6 Å². The second kappa shape index (κ2) is 7.54. The third-order valence-corrected chi connectivity index (χ3v) is 3.57. The minimum atomic E-state index is -0.0470. The zero-order chi connectivity index (χ0) is 13.2. The molecule has 1 aromatic heterocycles. The van der Waals surface area contributed by atoms with E-state index in [-0.39, 0.29) is 30.7 Å². The van der Waals surface area contributed by atoms with E-state index >= 15 is 0 Å². The predicted molar refractivity (Wildman–Crippen MR) is 87.1 cm³/mol. The van der Waals surface area contributed by atoms with Crippen LogP contribution in [-0.2, 0) is 0 Å². The van der Waals surface area contributed by atoms with Gasteiger partial charge in [0.2, 0.25) is 0 Å². The number of nitrogens with two attached hydrogens (primary N) is 1. The molecule has 1 unspecified atom stereocenters. The average molecular weight is 329 g/mol. The van der Waals surface area contributed by atoms with Crippen LogP contribution in [0.15, 0.2) is 30.5 Å². The molecule has 21 heavy (non-hydrogen) atoms. The number of halogens is 2. The van der Waals surface area contributed by atoms with Gasteiger partial charge in [-0.1, -0.05) is 12.1 Å². The Morgan fingerprint density at radius 1 is 1.29 bits per heavy atom. The first-order valence-electron chi connectivity index (χ1n) is 6.49. The van der Waals surface area contributed by atoms with Crippen LogP contribution in [0.25, 0.3) is 11.0 Å². The van der Waals surface area contributed by atoms with Gasteiger partial charge in [0, 0.05) is 13.1 Å². The molecule has 0 spiro atoms. The first-order chi connectivity index (χ1) is 9.28. The van der Waals surface area contributed by atoms with Gasteiger partial charge in [0.15, 0.2) is 0 Å². The fourth-order valence-corrected chi connectivity index (χ4v) is 2.43. The molecule has 1 amide bonds. The molecule has 2 aromatic rings. The lowest BCUT2D eigenvalue weighted by Crippen LogP contribution is -2.30. The topological polar surface area (TPSA) is 72.1 Å². The van der Waals surface area contributed by atoms with Gasteiger partial charge >= 0.3 is 0 Å². The number of para-hydroxylation sites is 2. The maximum absolute atomic E-state index is 12.3. The number of carbonyl (C=O) groups excluding carboxylic acids is 1. The Kier molecular flexibility index (Phi) is 6.33. The number of rotatable bonds is 2. The molecule has 1 atom stereocenters. The first-order valence-corrected chi connectivity index (χ1v) is 6.49. The second-order valence-electron chi connectivity index (χ2n) is 4.89. The van der Waals surface area contributed by atoms with Gasteiger partial charge in [-0.3, -0.25) is 9.78 Å². The van der Waals surface area contributed by atoms with E-state index in [0.717, 1.165) is 30.5 Å². The number of hydrogen-bond acceptors (Lipinski definition) is 4. The molecule has 0 saturated carbocycles. The van der Waals surface area contributed by atoms with Crippen LogP contribution in [0.5, 0.6) is 0 Å². The Hall–Kier alpha value is -1.43. The Balaban J connectivity index is 0.00000110. The van der Waals surface area contributed by atoms with E-state index in [2.05, 4.69) is 9.97 Å². The molecule has 3 rings (SSSR count). The van der Waals surface area contributed by atoms with Crippen molar-refractivity contribution in [2.24, 2.45) is 11.7 Å². The van der Waals surface area contributed by atoms with Crippen LogP contribution in [0.2, 0.25) is 0 Å². The van der Waals surface area contributed by atoms with Gasteiger partial charge in [-0.25, -0.2) is 4.98 Å². The van der Waals surface area contributed by atoms with E-state index in [4.69, 9.17) is 5.73 Å². The Bertz CT molecular complexity index is 623. The zero-order valence-corrected chi connectivity index (χ0v) is 13.1. The number of aromatic nitrogens is 2. The van der Waals surface area contributed by atoms with Gasteiger partial charge in [-0.15, -0.1) is 24.8 Å².